The highest BCUT2D eigenvalue weighted by Crippen LogP contribution is 2.39. The lowest BCUT2D eigenvalue weighted by Gasteiger charge is -2.41. The predicted octanol–water partition coefficient (Wildman–Crippen LogP) is 5.38. The Balaban J connectivity index is 1.25. The number of aromatic nitrogens is 3. The van der Waals surface area contributed by atoms with Crippen molar-refractivity contribution >= 4 is 16.9 Å². The molecular weight excluding hydrogens is 448 g/mol. The topological polar surface area (TPSA) is 95.2 Å². The summed E-state index contributed by atoms with van der Waals surface area (Å²) in [7, 11) is 0. The molecule has 1 saturated carbocycles. The second kappa shape index (κ2) is 9.91. The van der Waals surface area contributed by atoms with Gasteiger partial charge in [0, 0.05) is 36.4 Å². The van der Waals surface area contributed by atoms with Crippen LogP contribution in [0.3, 0.4) is 0 Å². The molecule has 2 aliphatic rings. The third-order valence-electron chi connectivity index (χ3n) is 7.85. The second-order valence-corrected chi connectivity index (χ2v) is 10.2. The molecule has 3 heterocycles. The van der Waals surface area contributed by atoms with E-state index in [1.165, 1.54) is 25.8 Å². The molecule has 2 aromatic heterocycles. The van der Waals surface area contributed by atoms with Crippen LogP contribution in [0.15, 0.2) is 67.1 Å². The zero-order chi connectivity index (χ0) is 24.5. The molecule has 0 bridgehead atoms. The van der Waals surface area contributed by atoms with E-state index < -0.39 is 0 Å². The van der Waals surface area contributed by atoms with Crippen LogP contribution in [-0.4, -0.2) is 44.6 Å². The number of rotatable bonds is 5. The van der Waals surface area contributed by atoms with Crippen LogP contribution in [0.1, 0.15) is 44.6 Å². The molecule has 1 aliphatic carbocycles. The molecule has 2 fully saturated rings. The molecule has 0 spiro atoms. The van der Waals surface area contributed by atoms with Crippen molar-refractivity contribution in [2.75, 3.05) is 18.8 Å². The highest BCUT2D eigenvalue weighted by atomic mass is 16.5. The van der Waals surface area contributed by atoms with Gasteiger partial charge in [0.25, 0.3) is 0 Å². The van der Waals surface area contributed by atoms with E-state index in [1.54, 1.807) is 6.33 Å². The lowest BCUT2D eigenvalue weighted by Crippen LogP contribution is -2.48. The standard InChI is InChI=1S/C29H34N6O/c30-21-5-4-16-34(17-21)22-10-12-23(13-11-22)35-18-26(27-28(31)32-19-33-29(27)35)20-8-14-25(15-9-20)36-24-6-2-1-3-7-24/h1-3,6-9,14-15,18-19,21-23H,4-5,10-13,16-17,30H2,(H2,31,32,33)/t21?,22-,23-. The molecule has 0 radical (unpaired) electrons. The average Bonchev–Trinajstić information content (AvgIpc) is 3.31. The summed E-state index contributed by atoms with van der Waals surface area (Å²) < 4.78 is 8.32. The minimum Gasteiger partial charge on any atom is -0.457 e. The van der Waals surface area contributed by atoms with E-state index in [2.05, 4.69) is 37.8 Å². The zero-order valence-corrected chi connectivity index (χ0v) is 20.6. The van der Waals surface area contributed by atoms with Gasteiger partial charge < -0.3 is 20.8 Å². The van der Waals surface area contributed by atoms with Gasteiger partial charge in [-0.3, -0.25) is 4.90 Å². The predicted molar refractivity (Wildman–Crippen MR) is 144 cm³/mol. The molecule has 7 nitrogen and oxygen atoms in total. The first-order valence-corrected chi connectivity index (χ1v) is 13.1. The van der Waals surface area contributed by atoms with E-state index in [-0.39, 0.29) is 0 Å². The number of piperidine rings is 1. The van der Waals surface area contributed by atoms with Crippen molar-refractivity contribution in [1.29, 1.82) is 0 Å². The number of anilines is 1. The fraction of sp³-hybridized carbons (Fsp3) is 0.379. The summed E-state index contributed by atoms with van der Waals surface area (Å²) in [4.78, 5) is 11.6. The Kier molecular flexibility index (Phi) is 6.34. The molecule has 186 valence electrons. The molecule has 6 rings (SSSR count). The van der Waals surface area contributed by atoms with Crippen LogP contribution in [-0.2, 0) is 0 Å². The van der Waals surface area contributed by atoms with Crippen LogP contribution in [0, 0.1) is 0 Å². The number of ether oxygens (including phenoxy) is 1. The van der Waals surface area contributed by atoms with Gasteiger partial charge in [0.05, 0.1) is 5.39 Å². The highest BCUT2D eigenvalue weighted by Gasteiger charge is 2.30. The average molecular weight is 483 g/mol. The van der Waals surface area contributed by atoms with Crippen LogP contribution >= 0.6 is 0 Å². The van der Waals surface area contributed by atoms with E-state index >= 15 is 0 Å². The van der Waals surface area contributed by atoms with E-state index in [4.69, 9.17) is 16.2 Å². The number of fused-ring (bicyclic) bond motifs is 1. The molecule has 2 aromatic carbocycles. The summed E-state index contributed by atoms with van der Waals surface area (Å²) in [5.74, 6) is 2.14. The molecule has 1 atom stereocenters. The Morgan fingerprint density at radius 3 is 2.31 bits per heavy atom. The van der Waals surface area contributed by atoms with Crippen molar-refractivity contribution in [1.82, 2.24) is 19.4 Å². The van der Waals surface area contributed by atoms with Crippen LogP contribution < -0.4 is 16.2 Å². The summed E-state index contributed by atoms with van der Waals surface area (Å²) in [6.07, 6.45) is 10.8. The van der Waals surface area contributed by atoms with Gasteiger partial charge in [0.15, 0.2) is 0 Å². The fourth-order valence-electron chi connectivity index (χ4n) is 6.01. The third kappa shape index (κ3) is 4.56. The number of benzene rings is 2. The van der Waals surface area contributed by atoms with Gasteiger partial charge in [0.2, 0.25) is 0 Å². The molecule has 7 heteroatoms. The Morgan fingerprint density at radius 2 is 1.56 bits per heavy atom. The minimum absolute atomic E-state index is 0.330. The fourth-order valence-corrected chi connectivity index (χ4v) is 6.01. The van der Waals surface area contributed by atoms with Crippen molar-refractivity contribution in [3.63, 3.8) is 0 Å². The Hall–Kier alpha value is -3.42. The number of hydrogen-bond donors (Lipinski definition) is 2. The van der Waals surface area contributed by atoms with Crippen LogP contribution in [0.25, 0.3) is 22.2 Å². The van der Waals surface area contributed by atoms with Gasteiger partial charge in [-0.2, -0.15) is 0 Å². The first-order chi connectivity index (χ1) is 17.7. The Morgan fingerprint density at radius 1 is 0.833 bits per heavy atom. The maximum Gasteiger partial charge on any atom is 0.146 e. The summed E-state index contributed by atoms with van der Waals surface area (Å²) >= 11 is 0. The van der Waals surface area contributed by atoms with E-state index in [0.717, 1.165) is 59.5 Å². The number of nitrogens with zero attached hydrogens (tertiary/aromatic N) is 4. The number of hydrogen-bond acceptors (Lipinski definition) is 6. The van der Waals surface area contributed by atoms with Gasteiger partial charge in [-0.05, 0) is 74.9 Å². The molecule has 4 N–H and O–H groups in total. The van der Waals surface area contributed by atoms with Crippen LogP contribution in [0.5, 0.6) is 11.5 Å². The summed E-state index contributed by atoms with van der Waals surface area (Å²) in [5.41, 5.74) is 15.7. The molecule has 36 heavy (non-hydrogen) atoms. The quantitative estimate of drug-likeness (QED) is 0.397. The summed E-state index contributed by atoms with van der Waals surface area (Å²) in [6, 6.07) is 19.4. The van der Waals surface area contributed by atoms with Crippen molar-refractivity contribution < 1.29 is 4.74 Å². The molecule has 4 aromatic rings. The molecule has 1 saturated heterocycles. The monoisotopic (exact) mass is 482 g/mol. The highest BCUT2D eigenvalue weighted by molar-refractivity contribution is 6.00. The lowest BCUT2D eigenvalue weighted by molar-refractivity contribution is 0.107. The maximum absolute atomic E-state index is 6.39. The van der Waals surface area contributed by atoms with Gasteiger partial charge in [-0.25, -0.2) is 9.97 Å². The van der Waals surface area contributed by atoms with Gasteiger partial charge in [-0.15, -0.1) is 0 Å². The molecule has 1 aliphatic heterocycles. The smallest absolute Gasteiger partial charge is 0.146 e. The van der Waals surface area contributed by atoms with Crippen LogP contribution in [0.2, 0.25) is 0 Å². The summed E-state index contributed by atoms with van der Waals surface area (Å²) in [5, 5.41) is 0.929. The Bertz CT molecular complexity index is 1310. The van der Waals surface area contributed by atoms with Gasteiger partial charge in [-0.1, -0.05) is 30.3 Å². The molecule has 1 unspecified atom stereocenters. The lowest BCUT2D eigenvalue weighted by atomic mass is 9.88. The van der Waals surface area contributed by atoms with Crippen molar-refractivity contribution in [3.05, 3.63) is 67.1 Å². The molecule has 0 amide bonds. The SMILES string of the molecule is Nc1ncnc2c1c(-c1ccc(Oc3ccccc3)cc1)cn2[C@H]1CC[C@H](N2CCCC(N)C2)CC1. The number of nitrogens with two attached hydrogens (primary N) is 2. The number of likely N-dealkylation sites (tertiary alicyclic amines) is 1. The normalized spacial score (nSPS) is 23.1. The van der Waals surface area contributed by atoms with Crippen molar-refractivity contribution in [3.8, 4) is 22.6 Å². The van der Waals surface area contributed by atoms with Gasteiger partial charge >= 0.3 is 0 Å². The van der Waals surface area contributed by atoms with Crippen molar-refractivity contribution in [2.24, 2.45) is 5.73 Å². The maximum atomic E-state index is 6.39. The van der Waals surface area contributed by atoms with E-state index in [1.807, 2.05) is 42.5 Å². The van der Waals surface area contributed by atoms with E-state index in [0.29, 0.717) is 23.9 Å². The minimum atomic E-state index is 0.330. The summed E-state index contributed by atoms with van der Waals surface area (Å²) in [6.45, 7) is 2.23. The first kappa shape index (κ1) is 23.0. The third-order valence-corrected chi connectivity index (χ3v) is 7.85. The van der Waals surface area contributed by atoms with Crippen LogP contribution in [0.4, 0.5) is 5.82 Å². The first-order valence-electron chi connectivity index (χ1n) is 13.1. The molecular formula is C29H34N6O. The Labute approximate surface area is 212 Å². The van der Waals surface area contributed by atoms with Crippen molar-refractivity contribution in [2.45, 2.75) is 56.7 Å². The zero-order valence-electron chi connectivity index (χ0n) is 20.6. The largest absolute Gasteiger partial charge is 0.457 e. The van der Waals surface area contributed by atoms with Gasteiger partial charge in [0.1, 0.15) is 29.3 Å². The number of nitrogen functional groups attached to an aromatic ring is 1. The van der Waals surface area contributed by atoms with E-state index in [9.17, 15) is 0 Å². The number of para-hydroxylation sites is 1. The second-order valence-electron chi connectivity index (χ2n) is 10.2.